The Bertz CT molecular complexity index is 415. The van der Waals surface area contributed by atoms with Crippen LogP contribution in [0.3, 0.4) is 0 Å². The lowest BCUT2D eigenvalue weighted by molar-refractivity contribution is 0.0216. The highest BCUT2D eigenvalue weighted by atomic mass is 16.5. The summed E-state index contributed by atoms with van der Waals surface area (Å²) in [7, 11) is 2.03. The second-order valence-corrected chi connectivity index (χ2v) is 4.68. The van der Waals surface area contributed by atoms with E-state index in [9.17, 15) is 0 Å². The molecule has 0 aliphatic carbocycles. The Balaban J connectivity index is 2.01. The van der Waals surface area contributed by atoms with Gasteiger partial charge in [-0.25, -0.2) is 0 Å². The second kappa shape index (κ2) is 5.82. The van der Waals surface area contributed by atoms with Crippen molar-refractivity contribution in [3.8, 4) is 0 Å². The maximum Gasteiger partial charge on any atom is 0.141 e. The number of hydrogen-bond donors (Lipinski definition) is 2. The molecule has 1 aliphatic heterocycles. The van der Waals surface area contributed by atoms with Crippen molar-refractivity contribution in [2.75, 3.05) is 25.1 Å². The van der Waals surface area contributed by atoms with Gasteiger partial charge in [0.05, 0.1) is 6.10 Å². The number of nitrogens with zero attached hydrogens (tertiary/aromatic N) is 2. The largest absolute Gasteiger partial charge is 0.382 e. The molecule has 5 heteroatoms. The lowest BCUT2D eigenvalue weighted by Crippen LogP contribution is -2.33. The quantitative estimate of drug-likeness (QED) is 0.623. The number of pyridine rings is 1. The molecular formula is C13H20N4O. The molecule has 1 aromatic rings. The zero-order valence-electron chi connectivity index (χ0n) is 10.7. The molecule has 1 aromatic heterocycles. The molecule has 2 rings (SSSR count). The maximum atomic E-state index is 7.40. The van der Waals surface area contributed by atoms with Gasteiger partial charge in [-0.2, -0.15) is 0 Å². The number of aromatic nitrogens is 1. The number of ether oxygens (including phenoxy) is 1. The maximum absolute atomic E-state index is 7.40. The first-order valence-electron chi connectivity index (χ1n) is 6.30. The third-order valence-electron chi connectivity index (χ3n) is 3.21. The van der Waals surface area contributed by atoms with Gasteiger partial charge in [-0.15, -0.1) is 0 Å². The minimum atomic E-state index is -0.000772. The summed E-state index contributed by atoms with van der Waals surface area (Å²) < 4.78 is 5.72. The van der Waals surface area contributed by atoms with Gasteiger partial charge in [0.1, 0.15) is 11.5 Å². The molecule has 1 aliphatic rings. The Morgan fingerprint density at radius 3 is 3.11 bits per heavy atom. The molecule has 0 radical (unpaired) electrons. The fraction of sp³-hybridized carbons (Fsp3) is 0.538. The molecule has 0 spiro atoms. The first kappa shape index (κ1) is 12.8. The van der Waals surface area contributed by atoms with E-state index in [1.807, 2.05) is 19.2 Å². The van der Waals surface area contributed by atoms with Gasteiger partial charge in [-0.1, -0.05) is 0 Å². The van der Waals surface area contributed by atoms with Crippen LogP contribution in [0.2, 0.25) is 0 Å². The van der Waals surface area contributed by atoms with Crippen LogP contribution in [-0.2, 0) is 4.74 Å². The smallest absolute Gasteiger partial charge is 0.141 e. The number of hydrogen-bond acceptors (Lipinski definition) is 4. The summed E-state index contributed by atoms with van der Waals surface area (Å²) >= 11 is 0. The van der Waals surface area contributed by atoms with Gasteiger partial charge >= 0.3 is 0 Å². The Morgan fingerprint density at radius 1 is 1.61 bits per heavy atom. The molecule has 18 heavy (non-hydrogen) atoms. The van der Waals surface area contributed by atoms with E-state index in [-0.39, 0.29) is 5.84 Å². The van der Waals surface area contributed by atoms with Crippen LogP contribution in [0.25, 0.3) is 0 Å². The first-order chi connectivity index (χ1) is 8.66. The number of nitrogen functional groups attached to an aromatic ring is 1. The van der Waals surface area contributed by atoms with Crippen molar-refractivity contribution in [2.24, 2.45) is 5.73 Å². The summed E-state index contributed by atoms with van der Waals surface area (Å²) in [4.78, 5) is 6.19. The summed E-state index contributed by atoms with van der Waals surface area (Å²) in [5.41, 5.74) is 6.98. The monoisotopic (exact) mass is 248 g/mol. The van der Waals surface area contributed by atoms with E-state index in [1.54, 1.807) is 6.20 Å². The standard InChI is InChI=1S/C13H20N4O/c1-17(9-11-4-2-3-7-18-11)10-5-6-16-12(8-10)13(14)15/h5-6,8,11H,2-4,7,9H2,1H3,(H3,14,15). The zero-order chi connectivity index (χ0) is 13.0. The molecule has 0 amide bonds. The van der Waals surface area contributed by atoms with Gasteiger partial charge in [-0.05, 0) is 31.4 Å². The Labute approximate surface area is 107 Å². The lowest BCUT2D eigenvalue weighted by atomic mass is 10.1. The first-order valence-corrected chi connectivity index (χ1v) is 6.30. The Hall–Kier alpha value is -1.62. The van der Waals surface area contributed by atoms with Gasteiger partial charge in [0.25, 0.3) is 0 Å². The second-order valence-electron chi connectivity index (χ2n) is 4.68. The fourth-order valence-electron chi connectivity index (χ4n) is 2.17. The molecule has 2 heterocycles. The lowest BCUT2D eigenvalue weighted by Gasteiger charge is -2.28. The van der Waals surface area contributed by atoms with Gasteiger partial charge in [0, 0.05) is 32.1 Å². The molecule has 0 saturated carbocycles. The Morgan fingerprint density at radius 2 is 2.44 bits per heavy atom. The highest BCUT2D eigenvalue weighted by Gasteiger charge is 2.16. The summed E-state index contributed by atoms with van der Waals surface area (Å²) in [6.45, 7) is 1.73. The minimum absolute atomic E-state index is 0.000772. The van der Waals surface area contributed by atoms with Crippen molar-refractivity contribution >= 4 is 11.5 Å². The van der Waals surface area contributed by atoms with Gasteiger partial charge in [-0.3, -0.25) is 10.4 Å². The van der Waals surface area contributed by atoms with Crippen molar-refractivity contribution < 1.29 is 4.74 Å². The van der Waals surface area contributed by atoms with E-state index in [1.165, 1.54) is 12.8 Å². The van der Waals surface area contributed by atoms with E-state index < -0.39 is 0 Å². The zero-order valence-corrected chi connectivity index (χ0v) is 10.7. The van der Waals surface area contributed by atoms with Crippen LogP contribution in [0.15, 0.2) is 18.3 Å². The van der Waals surface area contributed by atoms with Gasteiger partial charge in [0.2, 0.25) is 0 Å². The van der Waals surface area contributed by atoms with Crippen LogP contribution in [0.1, 0.15) is 25.0 Å². The van der Waals surface area contributed by atoms with Gasteiger partial charge < -0.3 is 15.4 Å². The molecule has 1 fully saturated rings. The van der Waals surface area contributed by atoms with Crippen LogP contribution in [-0.4, -0.2) is 37.1 Å². The van der Waals surface area contributed by atoms with Crippen LogP contribution < -0.4 is 10.6 Å². The molecule has 0 aromatic carbocycles. The molecule has 1 unspecified atom stereocenters. The third-order valence-corrected chi connectivity index (χ3v) is 3.21. The van der Waals surface area contributed by atoms with E-state index in [0.717, 1.165) is 25.3 Å². The summed E-state index contributed by atoms with van der Waals surface area (Å²) in [6, 6.07) is 3.76. The molecule has 98 valence electrons. The number of rotatable bonds is 4. The number of likely N-dealkylation sites (N-methyl/N-ethyl adjacent to an activating group) is 1. The highest BCUT2D eigenvalue weighted by Crippen LogP contribution is 2.18. The number of nitrogens with one attached hydrogen (secondary N) is 1. The van der Waals surface area contributed by atoms with Crippen molar-refractivity contribution in [1.29, 1.82) is 5.41 Å². The number of anilines is 1. The SMILES string of the molecule is CN(CC1CCCCO1)c1ccnc(C(=N)N)c1. The predicted octanol–water partition coefficient (Wildman–Crippen LogP) is 1.37. The molecule has 0 bridgehead atoms. The van der Waals surface area contributed by atoms with Crippen LogP contribution in [0, 0.1) is 5.41 Å². The molecule has 1 saturated heterocycles. The normalized spacial score (nSPS) is 19.5. The van der Waals surface area contributed by atoms with Crippen molar-refractivity contribution in [2.45, 2.75) is 25.4 Å². The van der Waals surface area contributed by atoms with Crippen LogP contribution >= 0.6 is 0 Å². The molecular weight excluding hydrogens is 228 g/mol. The highest BCUT2D eigenvalue weighted by molar-refractivity contribution is 5.93. The number of nitrogens with two attached hydrogens (primary N) is 1. The summed E-state index contributed by atoms with van der Waals surface area (Å²) in [5.74, 6) is -0.000772. The van der Waals surface area contributed by atoms with E-state index in [0.29, 0.717) is 11.8 Å². The average Bonchev–Trinajstić information content (AvgIpc) is 2.40. The predicted molar refractivity (Wildman–Crippen MR) is 72.1 cm³/mol. The van der Waals surface area contributed by atoms with E-state index in [2.05, 4.69) is 9.88 Å². The van der Waals surface area contributed by atoms with E-state index in [4.69, 9.17) is 15.9 Å². The molecule has 1 atom stereocenters. The Kier molecular flexibility index (Phi) is 4.15. The molecule has 3 N–H and O–H groups in total. The summed E-state index contributed by atoms with van der Waals surface area (Å²) in [6.07, 6.45) is 5.52. The molecule has 5 nitrogen and oxygen atoms in total. The van der Waals surface area contributed by atoms with Crippen molar-refractivity contribution in [1.82, 2.24) is 4.98 Å². The minimum Gasteiger partial charge on any atom is -0.382 e. The van der Waals surface area contributed by atoms with Crippen LogP contribution in [0.5, 0.6) is 0 Å². The average molecular weight is 248 g/mol. The fourth-order valence-corrected chi connectivity index (χ4v) is 2.17. The third kappa shape index (κ3) is 3.20. The van der Waals surface area contributed by atoms with Crippen LogP contribution in [0.4, 0.5) is 5.69 Å². The topological polar surface area (TPSA) is 75.2 Å². The van der Waals surface area contributed by atoms with E-state index >= 15 is 0 Å². The van der Waals surface area contributed by atoms with Gasteiger partial charge in [0.15, 0.2) is 0 Å². The number of amidine groups is 1. The van der Waals surface area contributed by atoms with Crippen molar-refractivity contribution in [3.63, 3.8) is 0 Å². The summed E-state index contributed by atoms with van der Waals surface area (Å²) in [5, 5.41) is 7.40. The van der Waals surface area contributed by atoms with Crippen molar-refractivity contribution in [3.05, 3.63) is 24.0 Å².